The van der Waals surface area contributed by atoms with Crippen LogP contribution >= 0.6 is 0 Å². The maximum Gasteiger partial charge on any atom is 0.243 e. The maximum atomic E-state index is 12.7. The highest BCUT2D eigenvalue weighted by molar-refractivity contribution is 7.89. The average molecular weight is 319 g/mol. The molecule has 1 aromatic carbocycles. The zero-order chi connectivity index (χ0) is 15.6. The molecule has 0 saturated carbocycles. The fraction of sp³-hybridized carbons (Fsp3) is 0.438. The van der Waals surface area contributed by atoms with E-state index < -0.39 is 10.0 Å². The van der Waals surface area contributed by atoms with Crippen LogP contribution in [0.5, 0.6) is 0 Å². The number of sulfonamides is 1. The lowest BCUT2D eigenvalue weighted by Crippen LogP contribution is -2.39. The number of nitrogens with zero attached hydrogens (tertiary/aromatic N) is 3. The lowest BCUT2D eigenvalue weighted by Gasteiger charge is -2.31. The van der Waals surface area contributed by atoms with Crippen molar-refractivity contribution in [1.82, 2.24) is 14.1 Å². The highest BCUT2D eigenvalue weighted by Crippen LogP contribution is 2.26. The quantitative estimate of drug-likeness (QED) is 0.870. The zero-order valence-corrected chi connectivity index (χ0v) is 13.5. The summed E-state index contributed by atoms with van der Waals surface area (Å²) in [6.07, 6.45) is 6.22. The number of rotatable bonds is 4. The second kappa shape index (κ2) is 6.22. The average Bonchev–Trinajstić information content (AvgIpc) is 3.09. The standard InChI is InChI=1S/C16H21N3O2S/c1-2-14-4-6-16(7-5-14)22(20,21)18-12-8-15(9-13-18)19-11-3-10-17-19/h3-7,10-11,15H,2,8-9,12-13H2,1H3. The van der Waals surface area contributed by atoms with E-state index in [1.54, 1.807) is 22.6 Å². The number of hydrogen-bond donors (Lipinski definition) is 0. The molecule has 1 aromatic heterocycles. The van der Waals surface area contributed by atoms with Crippen molar-refractivity contribution in [2.24, 2.45) is 0 Å². The largest absolute Gasteiger partial charge is 0.270 e. The van der Waals surface area contributed by atoms with Gasteiger partial charge in [0.25, 0.3) is 0 Å². The third kappa shape index (κ3) is 2.94. The molecule has 0 amide bonds. The van der Waals surface area contributed by atoms with Crippen molar-refractivity contribution in [2.75, 3.05) is 13.1 Å². The zero-order valence-electron chi connectivity index (χ0n) is 12.7. The summed E-state index contributed by atoms with van der Waals surface area (Å²) in [6, 6.07) is 9.41. The molecule has 3 rings (SSSR count). The molecule has 0 atom stereocenters. The van der Waals surface area contributed by atoms with E-state index in [0.29, 0.717) is 24.0 Å². The number of aryl methyl sites for hydroxylation is 1. The molecule has 1 aliphatic heterocycles. The summed E-state index contributed by atoms with van der Waals surface area (Å²) in [5.74, 6) is 0. The second-order valence-corrected chi connectivity index (χ2v) is 7.56. The summed E-state index contributed by atoms with van der Waals surface area (Å²) in [5, 5.41) is 4.25. The molecular weight excluding hydrogens is 298 g/mol. The molecule has 0 N–H and O–H groups in total. The molecule has 0 aliphatic carbocycles. The topological polar surface area (TPSA) is 55.2 Å². The summed E-state index contributed by atoms with van der Waals surface area (Å²) in [5.41, 5.74) is 1.15. The van der Waals surface area contributed by atoms with Crippen LogP contribution in [0.2, 0.25) is 0 Å². The number of aromatic nitrogens is 2. The van der Waals surface area contributed by atoms with Crippen LogP contribution < -0.4 is 0 Å². The minimum atomic E-state index is -3.38. The van der Waals surface area contributed by atoms with E-state index in [4.69, 9.17) is 0 Å². The Balaban J connectivity index is 1.71. The second-order valence-electron chi connectivity index (χ2n) is 5.62. The Hall–Kier alpha value is -1.66. The van der Waals surface area contributed by atoms with Crippen molar-refractivity contribution in [2.45, 2.75) is 37.1 Å². The van der Waals surface area contributed by atoms with Gasteiger partial charge < -0.3 is 0 Å². The van der Waals surface area contributed by atoms with E-state index >= 15 is 0 Å². The van der Waals surface area contributed by atoms with Crippen LogP contribution in [0.25, 0.3) is 0 Å². The first kappa shape index (κ1) is 15.2. The molecular formula is C16H21N3O2S. The van der Waals surface area contributed by atoms with Gasteiger partial charge >= 0.3 is 0 Å². The fourth-order valence-corrected chi connectivity index (χ4v) is 4.36. The van der Waals surface area contributed by atoms with Gasteiger partial charge in [-0.3, -0.25) is 4.68 Å². The van der Waals surface area contributed by atoms with Gasteiger partial charge in [-0.25, -0.2) is 8.42 Å². The predicted octanol–water partition coefficient (Wildman–Crippen LogP) is 2.47. The monoisotopic (exact) mass is 319 g/mol. The summed E-state index contributed by atoms with van der Waals surface area (Å²) >= 11 is 0. The molecule has 2 aromatic rings. The molecule has 118 valence electrons. The first-order valence-corrected chi connectivity index (χ1v) is 9.13. The van der Waals surface area contributed by atoms with Crippen molar-refractivity contribution >= 4 is 10.0 Å². The summed E-state index contributed by atoms with van der Waals surface area (Å²) in [4.78, 5) is 0.391. The third-order valence-corrected chi connectivity index (χ3v) is 6.20. The van der Waals surface area contributed by atoms with Gasteiger partial charge in [-0.1, -0.05) is 19.1 Å². The van der Waals surface area contributed by atoms with Gasteiger partial charge in [-0.05, 0) is 43.0 Å². The molecule has 22 heavy (non-hydrogen) atoms. The Labute approximate surface area is 131 Å². The Bertz CT molecular complexity index is 700. The predicted molar refractivity (Wildman–Crippen MR) is 85.1 cm³/mol. The molecule has 0 radical (unpaired) electrons. The van der Waals surface area contributed by atoms with Gasteiger partial charge in [0.2, 0.25) is 10.0 Å². The van der Waals surface area contributed by atoms with Crippen molar-refractivity contribution in [1.29, 1.82) is 0 Å². The highest BCUT2D eigenvalue weighted by atomic mass is 32.2. The minimum Gasteiger partial charge on any atom is -0.270 e. The van der Waals surface area contributed by atoms with Crippen molar-refractivity contribution < 1.29 is 8.42 Å². The van der Waals surface area contributed by atoms with Gasteiger partial charge in [-0.15, -0.1) is 0 Å². The molecule has 1 fully saturated rings. The molecule has 0 spiro atoms. The van der Waals surface area contributed by atoms with Gasteiger partial charge in [-0.2, -0.15) is 9.40 Å². The first-order chi connectivity index (χ1) is 10.6. The van der Waals surface area contributed by atoms with Crippen molar-refractivity contribution in [3.05, 3.63) is 48.3 Å². The van der Waals surface area contributed by atoms with Gasteiger partial charge in [0.1, 0.15) is 0 Å². The summed E-state index contributed by atoms with van der Waals surface area (Å²) in [7, 11) is -3.38. The lowest BCUT2D eigenvalue weighted by molar-refractivity contribution is 0.261. The maximum absolute atomic E-state index is 12.7. The van der Waals surface area contributed by atoms with Crippen LogP contribution in [0.3, 0.4) is 0 Å². The van der Waals surface area contributed by atoms with Gasteiger partial charge in [0.15, 0.2) is 0 Å². The van der Waals surface area contributed by atoms with E-state index in [0.717, 1.165) is 24.8 Å². The van der Waals surface area contributed by atoms with Gasteiger partial charge in [0, 0.05) is 25.5 Å². The Morgan fingerprint density at radius 2 is 1.86 bits per heavy atom. The highest BCUT2D eigenvalue weighted by Gasteiger charge is 2.29. The molecule has 0 bridgehead atoms. The number of benzene rings is 1. The van der Waals surface area contributed by atoms with E-state index in [1.165, 1.54) is 0 Å². The number of hydrogen-bond acceptors (Lipinski definition) is 3. The smallest absolute Gasteiger partial charge is 0.243 e. The normalized spacial score (nSPS) is 17.7. The Kier molecular flexibility index (Phi) is 4.31. The van der Waals surface area contributed by atoms with E-state index in [1.807, 2.05) is 29.1 Å². The van der Waals surface area contributed by atoms with E-state index in [9.17, 15) is 8.42 Å². The van der Waals surface area contributed by atoms with E-state index in [-0.39, 0.29) is 0 Å². The van der Waals surface area contributed by atoms with Crippen LogP contribution in [0.4, 0.5) is 0 Å². The third-order valence-electron chi connectivity index (χ3n) is 4.29. The Morgan fingerprint density at radius 3 is 2.41 bits per heavy atom. The molecule has 1 aliphatic rings. The van der Waals surface area contributed by atoms with E-state index in [2.05, 4.69) is 12.0 Å². The van der Waals surface area contributed by atoms with Crippen LogP contribution in [-0.4, -0.2) is 35.6 Å². The fourth-order valence-electron chi connectivity index (χ4n) is 2.89. The Morgan fingerprint density at radius 1 is 1.18 bits per heavy atom. The number of piperidine rings is 1. The molecule has 0 unspecified atom stereocenters. The molecule has 2 heterocycles. The summed E-state index contributed by atoms with van der Waals surface area (Å²) < 4.78 is 28.9. The molecule has 5 nitrogen and oxygen atoms in total. The summed E-state index contributed by atoms with van der Waals surface area (Å²) in [6.45, 7) is 3.15. The lowest BCUT2D eigenvalue weighted by atomic mass is 10.1. The molecule has 1 saturated heterocycles. The molecule has 6 heteroatoms. The minimum absolute atomic E-state index is 0.295. The SMILES string of the molecule is CCc1ccc(S(=O)(=O)N2CCC(n3cccn3)CC2)cc1. The van der Waals surface area contributed by atoms with Crippen LogP contribution in [0, 0.1) is 0 Å². The van der Waals surface area contributed by atoms with Crippen molar-refractivity contribution in [3.63, 3.8) is 0 Å². The van der Waals surface area contributed by atoms with Crippen LogP contribution in [0.1, 0.15) is 31.4 Å². The first-order valence-electron chi connectivity index (χ1n) is 7.69. The van der Waals surface area contributed by atoms with Gasteiger partial charge in [0.05, 0.1) is 10.9 Å². The van der Waals surface area contributed by atoms with Crippen LogP contribution in [0.15, 0.2) is 47.6 Å². The van der Waals surface area contributed by atoms with Crippen molar-refractivity contribution in [3.8, 4) is 0 Å². The van der Waals surface area contributed by atoms with Crippen LogP contribution in [-0.2, 0) is 16.4 Å².